The van der Waals surface area contributed by atoms with Crippen LogP contribution in [0.2, 0.25) is 0 Å². The number of aromatic nitrogens is 1. The highest BCUT2D eigenvalue weighted by atomic mass is 32.1. The lowest BCUT2D eigenvalue weighted by atomic mass is 10.2. The fourth-order valence-corrected chi connectivity index (χ4v) is 1.76. The largest absolute Gasteiger partial charge is 0.354 e. The molecule has 3 nitrogen and oxygen atoms in total. The molecule has 0 spiro atoms. The van der Waals surface area contributed by atoms with Gasteiger partial charge in [0.2, 0.25) is 0 Å². The van der Waals surface area contributed by atoms with E-state index in [1.807, 2.05) is 19.0 Å². The summed E-state index contributed by atoms with van der Waals surface area (Å²) in [5.74, 6) is 0. The second-order valence-corrected chi connectivity index (χ2v) is 4.54. The number of nitrogens with one attached hydrogen (secondary N) is 1. The van der Waals surface area contributed by atoms with Crippen molar-refractivity contribution in [2.45, 2.75) is 32.9 Å². The zero-order valence-electron chi connectivity index (χ0n) is 9.37. The maximum absolute atomic E-state index is 4.50. The van der Waals surface area contributed by atoms with Crippen LogP contribution in [-0.4, -0.2) is 25.1 Å². The molecule has 14 heavy (non-hydrogen) atoms. The summed E-state index contributed by atoms with van der Waals surface area (Å²) < 4.78 is 0. The summed E-state index contributed by atoms with van der Waals surface area (Å²) in [5.41, 5.74) is 1.14. The minimum atomic E-state index is 0.569. The summed E-state index contributed by atoms with van der Waals surface area (Å²) in [4.78, 5) is 6.54. The zero-order valence-corrected chi connectivity index (χ0v) is 10.2. The van der Waals surface area contributed by atoms with Gasteiger partial charge < -0.3 is 10.2 Å². The molecule has 1 atom stereocenters. The summed E-state index contributed by atoms with van der Waals surface area (Å²) >= 11 is 1.69. The van der Waals surface area contributed by atoms with Crippen LogP contribution in [0, 0.1) is 0 Å². The first-order chi connectivity index (χ1) is 6.63. The van der Waals surface area contributed by atoms with Crippen LogP contribution in [0.25, 0.3) is 0 Å². The second-order valence-electron chi connectivity index (χ2n) is 3.71. The first kappa shape index (κ1) is 11.5. The molecule has 0 fully saturated rings. The van der Waals surface area contributed by atoms with Crippen molar-refractivity contribution in [3.8, 4) is 0 Å². The van der Waals surface area contributed by atoms with Crippen molar-refractivity contribution in [2.75, 3.05) is 19.0 Å². The van der Waals surface area contributed by atoms with Crippen molar-refractivity contribution in [3.63, 3.8) is 0 Å². The van der Waals surface area contributed by atoms with Crippen LogP contribution in [-0.2, 0) is 6.54 Å². The van der Waals surface area contributed by atoms with Gasteiger partial charge in [0.25, 0.3) is 0 Å². The van der Waals surface area contributed by atoms with E-state index in [-0.39, 0.29) is 0 Å². The minimum Gasteiger partial charge on any atom is -0.354 e. The Morgan fingerprint density at radius 2 is 2.29 bits per heavy atom. The maximum Gasteiger partial charge on any atom is 0.185 e. The molecule has 0 bridgehead atoms. The van der Waals surface area contributed by atoms with E-state index in [4.69, 9.17) is 0 Å². The van der Waals surface area contributed by atoms with E-state index >= 15 is 0 Å². The Hall–Kier alpha value is -0.610. The van der Waals surface area contributed by atoms with E-state index in [1.54, 1.807) is 11.3 Å². The van der Waals surface area contributed by atoms with Gasteiger partial charge in [0.05, 0.1) is 5.69 Å². The van der Waals surface area contributed by atoms with Gasteiger partial charge in [0.15, 0.2) is 5.13 Å². The molecular weight excluding hydrogens is 194 g/mol. The predicted octanol–water partition coefficient (Wildman–Crippen LogP) is 2.10. The Morgan fingerprint density at radius 1 is 1.57 bits per heavy atom. The molecule has 80 valence electrons. The van der Waals surface area contributed by atoms with Crippen LogP contribution in [0.15, 0.2) is 5.38 Å². The number of nitrogens with zero attached hydrogens (tertiary/aromatic N) is 2. The van der Waals surface area contributed by atoms with E-state index in [9.17, 15) is 0 Å². The third-order valence-corrected chi connectivity index (χ3v) is 3.22. The molecule has 0 aliphatic carbocycles. The highest BCUT2D eigenvalue weighted by molar-refractivity contribution is 7.13. The van der Waals surface area contributed by atoms with Crippen molar-refractivity contribution in [1.29, 1.82) is 0 Å². The predicted molar refractivity (Wildman–Crippen MR) is 63.0 cm³/mol. The molecule has 1 heterocycles. The first-order valence-corrected chi connectivity index (χ1v) is 5.86. The second kappa shape index (κ2) is 5.32. The molecule has 1 unspecified atom stereocenters. The van der Waals surface area contributed by atoms with Crippen LogP contribution >= 0.6 is 11.3 Å². The molecule has 0 aliphatic rings. The average molecular weight is 213 g/mol. The molecule has 1 aromatic rings. The van der Waals surface area contributed by atoms with E-state index in [0.29, 0.717) is 6.04 Å². The Labute approximate surface area is 90.2 Å². The molecule has 0 saturated carbocycles. The van der Waals surface area contributed by atoms with Crippen molar-refractivity contribution < 1.29 is 0 Å². The number of hydrogen-bond donors (Lipinski definition) is 1. The number of anilines is 1. The zero-order chi connectivity index (χ0) is 10.6. The lowest BCUT2D eigenvalue weighted by Gasteiger charge is -2.09. The van der Waals surface area contributed by atoms with Crippen LogP contribution in [0.5, 0.6) is 0 Å². The lowest BCUT2D eigenvalue weighted by molar-refractivity contribution is 0.530. The molecule has 4 heteroatoms. The summed E-state index contributed by atoms with van der Waals surface area (Å²) in [7, 11) is 4.04. The minimum absolute atomic E-state index is 0.569. The molecule has 1 N–H and O–H groups in total. The summed E-state index contributed by atoms with van der Waals surface area (Å²) in [6.07, 6.45) is 1.16. The first-order valence-electron chi connectivity index (χ1n) is 4.98. The summed E-state index contributed by atoms with van der Waals surface area (Å²) in [6.45, 7) is 5.25. The van der Waals surface area contributed by atoms with Gasteiger partial charge in [-0.25, -0.2) is 4.98 Å². The molecule has 0 aliphatic heterocycles. The summed E-state index contributed by atoms with van der Waals surface area (Å²) in [6, 6.07) is 0.569. The summed E-state index contributed by atoms with van der Waals surface area (Å²) in [5, 5.41) is 6.62. The smallest absolute Gasteiger partial charge is 0.185 e. The molecule has 0 amide bonds. The molecule has 0 radical (unpaired) electrons. The molecule has 1 aromatic heterocycles. The normalized spacial score (nSPS) is 12.9. The third-order valence-electron chi connectivity index (χ3n) is 2.17. The standard InChI is InChI=1S/C10H19N3S/c1-5-8(2)11-6-9-7-14-10(12-9)13(3)4/h7-8,11H,5-6H2,1-4H3. The van der Waals surface area contributed by atoms with Crippen LogP contribution in [0.4, 0.5) is 5.13 Å². The van der Waals surface area contributed by atoms with Gasteiger partial charge in [-0.05, 0) is 13.3 Å². The van der Waals surface area contributed by atoms with Gasteiger partial charge in [0.1, 0.15) is 0 Å². The molecule has 1 rings (SSSR count). The monoisotopic (exact) mass is 213 g/mol. The van der Waals surface area contributed by atoms with Gasteiger partial charge >= 0.3 is 0 Å². The fourth-order valence-electron chi connectivity index (χ4n) is 1.01. The average Bonchev–Trinajstić information content (AvgIpc) is 2.62. The Kier molecular flexibility index (Phi) is 4.35. The van der Waals surface area contributed by atoms with Gasteiger partial charge in [0, 0.05) is 32.1 Å². The molecule has 0 aromatic carbocycles. The van der Waals surface area contributed by atoms with E-state index in [0.717, 1.165) is 23.8 Å². The van der Waals surface area contributed by atoms with Crippen molar-refractivity contribution in [1.82, 2.24) is 10.3 Å². The van der Waals surface area contributed by atoms with Crippen molar-refractivity contribution in [3.05, 3.63) is 11.1 Å². The van der Waals surface area contributed by atoms with E-state index in [1.165, 1.54) is 0 Å². The van der Waals surface area contributed by atoms with E-state index in [2.05, 4.69) is 29.5 Å². The lowest BCUT2D eigenvalue weighted by Crippen LogP contribution is -2.24. The van der Waals surface area contributed by atoms with Gasteiger partial charge in [-0.2, -0.15) is 0 Å². The van der Waals surface area contributed by atoms with Gasteiger partial charge in [-0.15, -0.1) is 11.3 Å². The Morgan fingerprint density at radius 3 is 2.79 bits per heavy atom. The molecule has 0 saturated heterocycles. The van der Waals surface area contributed by atoms with Crippen molar-refractivity contribution >= 4 is 16.5 Å². The van der Waals surface area contributed by atoms with Crippen LogP contribution < -0.4 is 10.2 Å². The van der Waals surface area contributed by atoms with Gasteiger partial charge in [-0.1, -0.05) is 6.92 Å². The fraction of sp³-hybridized carbons (Fsp3) is 0.700. The number of thiazole rings is 1. The quantitative estimate of drug-likeness (QED) is 0.812. The SMILES string of the molecule is CCC(C)NCc1csc(N(C)C)n1. The van der Waals surface area contributed by atoms with Crippen LogP contribution in [0.1, 0.15) is 26.0 Å². The molecular formula is C10H19N3S. The van der Waals surface area contributed by atoms with E-state index < -0.39 is 0 Å². The number of hydrogen-bond acceptors (Lipinski definition) is 4. The van der Waals surface area contributed by atoms with Crippen molar-refractivity contribution in [2.24, 2.45) is 0 Å². The Balaban J connectivity index is 2.44. The topological polar surface area (TPSA) is 28.2 Å². The Bertz CT molecular complexity index is 270. The highest BCUT2D eigenvalue weighted by Gasteiger charge is 2.04. The highest BCUT2D eigenvalue weighted by Crippen LogP contribution is 2.17. The number of rotatable bonds is 5. The maximum atomic E-state index is 4.50. The van der Waals surface area contributed by atoms with Gasteiger partial charge in [-0.3, -0.25) is 0 Å². The third kappa shape index (κ3) is 3.27. The van der Waals surface area contributed by atoms with Crippen LogP contribution in [0.3, 0.4) is 0 Å².